The number of H-pyrrole nitrogens is 1. The summed E-state index contributed by atoms with van der Waals surface area (Å²) in [7, 11) is 0. The summed E-state index contributed by atoms with van der Waals surface area (Å²) >= 11 is 0. The van der Waals surface area contributed by atoms with Crippen LogP contribution in [0.4, 0.5) is 5.82 Å². The highest BCUT2D eigenvalue weighted by molar-refractivity contribution is 5.50. The number of aryl methyl sites for hydroxylation is 1. The number of terminal acetylenes is 1. The average Bonchev–Trinajstić information content (AvgIpc) is 2.68. The van der Waals surface area contributed by atoms with Crippen LogP contribution in [0.3, 0.4) is 0 Å². The molecule has 2 aromatic rings. The molecule has 0 aliphatic heterocycles. The van der Waals surface area contributed by atoms with Gasteiger partial charge in [-0.25, -0.2) is 19.3 Å². The molecule has 0 radical (unpaired) electrons. The normalized spacial score (nSPS) is 12.3. The molecule has 0 aromatic carbocycles. The van der Waals surface area contributed by atoms with E-state index in [1.54, 1.807) is 13.0 Å². The second kappa shape index (κ2) is 4.29. The first-order chi connectivity index (χ1) is 8.15. The molecule has 0 saturated carbocycles. The number of fused-ring (bicyclic) bond motifs is 1. The van der Waals surface area contributed by atoms with Crippen molar-refractivity contribution < 1.29 is 0 Å². The number of rotatable bonds is 3. The molecule has 0 fully saturated rings. The van der Waals surface area contributed by atoms with Crippen molar-refractivity contribution in [2.24, 2.45) is 0 Å². The largest absolute Gasteiger partial charge is 0.356 e. The Kier molecular flexibility index (Phi) is 2.83. The molecular formula is C11H13N5O. The summed E-state index contributed by atoms with van der Waals surface area (Å²) in [4.78, 5) is 15.7. The predicted octanol–water partition coefficient (Wildman–Crippen LogP) is 0.550. The van der Waals surface area contributed by atoms with Crippen LogP contribution < -0.4 is 11.0 Å². The molecule has 2 N–H and O–H groups in total. The van der Waals surface area contributed by atoms with Gasteiger partial charge in [0.2, 0.25) is 0 Å². The van der Waals surface area contributed by atoms with Crippen molar-refractivity contribution in [2.45, 2.75) is 26.3 Å². The van der Waals surface area contributed by atoms with Crippen molar-refractivity contribution in [2.75, 3.05) is 5.32 Å². The Morgan fingerprint density at radius 1 is 1.71 bits per heavy atom. The molecule has 6 heteroatoms. The summed E-state index contributed by atoms with van der Waals surface area (Å²) in [5.41, 5.74) is 0.234. The summed E-state index contributed by atoms with van der Waals surface area (Å²) < 4.78 is 1.40. The molecule has 2 heterocycles. The van der Waals surface area contributed by atoms with Crippen LogP contribution in [0.5, 0.6) is 0 Å². The van der Waals surface area contributed by atoms with Crippen molar-refractivity contribution in [3.63, 3.8) is 0 Å². The molecule has 0 spiro atoms. The van der Waals surface area contributed by atoms with E-state index in [1.807, 2.05) is 6.92 Å². The van der Waals surface area contributed by atoms with E-state index in [2.05, 4.69) is 26.4 Å². The SMILES string of the molecule is C#CC(CC)Nc1cc2n[nH]c(=O)n2c(C)n1. The molecule has 1 unspecified atom stereocenters. The fourth-order valence-electron chi connectivity index (χ4n) is 1.61. The third-order valence-corrected chi connectivity index (χ3v) is 2.50. The van der Waals surface area contributed by atoms with Gasteiger partial charge in [-0.05, 0) is 13.3 Å². The van der Waals surface area contributed by atoms with Gasteiger partial charge in [0.05, 0.1) is 6.04 Å². The van der Waals surface area contributed by atoms with Gasteiger partial charge >= 0.3 is 5.69 Å². The Hall–Kier alpha value is -2.29. The average molecular weight is 231 g/mol. The molecule has 0 aliphatic carbocycles. The molecule has 2 aromatic heterocycles. The lowest BCUT2D eigenvalue weighted by Gasteiger charge is -2.11. The van der Waals surface area contributed by atoms with E-state index in [4.69, 9.17) is 6.42 Å². The van der Waals surface area contributed by atoms with Crippen LogP contribution >= 0.6 is 0 Å². The zero-order chi connectivity index (χ0) is 12.4. The Morgan fingerprint density at radius 2 is 2.47 bits per heavy atom. The van der Waals surface area contributed by atoms with E-state index in [-0.39, 0.29) is 11.7 Å². The molecule has 0 amide bonds. The zero-order valence-corrected chi connectivity index (χ0v) is 9.69. The minimum absolute atomic E-state index is 0.0741. The summed E-state index contributed by atoms with van der Waals surface area (Å²) in [6.45, 7) is 3.73. The molecule has 17 heavy (non-hydrogen) atoms. The van der Waals surface area contributed by atoms with E-state index >= 15 is 0 Å². The van der Waals surface area contributed by atoms with Gasteiger partial charge in [-0.2, -0.15) is 5.10 Å². The molecular weight excluding hydrogens is 218 g/mol. The molecule has 2 rings (SSSR count). The fourth-order valence-corrected chi connectivity index (χ4v) is 1.61. The molecule has 6 nitrogen and oxygen atoms in total. The van der Waals surface area contributed by atoms with E-state index in [1.165, 1.54) is 4.40 Å². The second-order valence-electron chi connectivity index (χ2n) is 3.68. The highest BCUT2D eigenvalue weighted by Gasteiger charge is 2.08. The molecule has 88 valence electrons. The van der Waals surface area contributed by atoms with Gasteiger partial charge in [0.15, 0.2) is 5.65 Å². The number of hydrogen-bond donors (Lipinski definition) is 2. The Balaban J connectivity index is 2.44. The maximum absolute atomic E-state index is 11.4. The topological polar surface area (TPSA) is 75.1 Å². The quantitative estimate of drug-likeness (QED) is 0.756. The first-order valence-corrected chi connectivity index (χ1v) is 5.33. The number of aromatic nitrogens is 4. The van der Waals surface area contributed by atoms with Crippen molar-refractivity contribution >= 4 is 11.5 Å². The smallest absolute Gasteiger partial charge is 0.349 e. The first-order valence-electron chi connectivity index (χ1n) is 5.33. The van der Waals surface area contributed by atoms with Crippen LogP contribution in [0.1, 0.15) is 19.2 Å². The van der Waals surface area contributed by atoms with Crippen LogP contribution in [0.15, 0.2) is 10.9 Å². The summed E-state index contributed by atoms with van der Waals surface area (Å²) in [5.74, 6) is 3.81. The van der Waals surface area contributed by atoms with Crippen molar-refractivity contribution in [1.29, 1.82) is 0 Å². The highest BCUT2D eigenvalue weighted by Crippen LogP contribution is 2.09. The summed E-state index contributed by atoms with van der Waals surface area (Å²) in [5, 5.41) is 9.37. The zero-order valence-electron chi connectivity index (χ0n) is 9.69. The number of hydrogen-bond acceptors (Lipinski definition) is 4. The molecule has 0 aliphatic rings. The van der Waals surface area contributed by atoms with Crippen LogP contribution in [0, 0.1) is 19.3 Å². The third kappa shape index (κ3) is 1.99. The fraction of sp³-hybridized carbons (Fsp3) is 0.364. The molecule has 0 saturated heterocycles. The lowest BCUT2D eigenvalue weighted by molar-refractivity contribution is 0.842. The van der Waals surface area contributed by atoms with Crippen LogP contribution in [-0.4, -0.2) is 25.6 Å². The van der Waals surface area contributed by atoms with Gasteiger partial charge < -0.3 is 5.32 Å². The Labute approximate surface area is 98.1 Å². The number of nitrogens with zero attached hydrogens (tertiary/aromatic N) is 3. The highest BCUT2D eigenvalue weighted by atomic mass is 16.1. The van der Waals surface area contributed by atoms with Crippen molar-refractivity contribution in [1.82, 2.24) is 19.6 Å². The first kappa shape index (κ1) is 11.2. The van der Waals surface area contributed by atoms with Gasteiger partial charge in [-0.15, -0.1) is 6.42 Å². The van der Waals surface area contributed by atoms with E-state index in [0.717, 1.165) is 6.42 Å². The van der Waals surface area contributed by atoms with E-state index in [0.29, 0.717) is 17.3 Å². The van der Waals surface area contributed by atoms with E-state index in [9.17, 15) is 4.79 Å². The standard InChI is InChI=1S/C11H13N5O/c1-4-8(5-2)13-9-6-10-14-15-11(17)16(10)7(3)12-9/h1,6,8,13H,5H2,2-3H3,(H,15,17). The van der Waals surface area contributed by atoms with Crippen LogP contribution in [-0.2, 0) is 0 Å². The maximum Gasteiger partial charge on any atom is 0.349 e. The number of nitrogens with one attached hydrogen (secondary N) is 2. The third-order valence-electron chi connectivity index (χ3n) is 2.50. The summed E-state index contributed by atoms with van der Waals surface area (Å²) in [6.07, 6.45) is 6.17. The number of aromatic amines is 1. The lowest BCUT2D eigenvalue weighted by atomic mass is 10.2. The minimum atomic E-state index is -0.291. The van der Waals surface area contributed by atoms with Gasteiger partial charge in [-0.1, -0.05) is 12.8 Å². The van der Waals surface area contributed by atoms with Crippen LogP contribution in [0.2, 0.25) is 0 Å². The van der Waals surface area contributed by atoms with Crippen molar-refractivity contribution in [3.8, 4) is 12.3 Å². The summed E-state index contributed by atoms with van der Waals surface area (Å²) in [6, 6.07) is 1.61. The van der Waals surface area contributed by atoms with Gasteiger partial charge in [0.1, 0.15) is 11.6 Å². The van der Waals surface area contributed by atoms with Gasteiger partial charge in [0, 0.05) is 6.07 Å². The molecule has 1 atom stereocenters. The Bertz CT molecular complexity index is 633. The van der Waals surface area contributed by atoms with Crippen LogP contribution in [0.25, 0.3) is 5.65 Å². The van der Waals surface area contributed by atoms with Crippen molar-refractivity contribution in [3.05, 3.63) is 22.4 Å². The Morgan fingerprint density at radius 3 is 3.12 bits per heavy atom. The predicted molar refractivity (Wildman–Crippen MR) is 64.9 cm³/mol. The van der Waals surface area contributed by atoms with Gasteiger partial charge in [0.25, 0.3) is 0 Å². The minimum Gasteiger partial charge on any atom is -0.356 e. The number of anilines is 1. The van der Waals surface area contributed by atoms with E-state index < -0.39 is 0 Å². The maximum atomic E-state index is 11.4. The van der Waals surface area contributed by atoms with Gasteiger partial charge in [-0.3, -0.25) is 0 Å². The second-order valence-corrected chi connectivity index (χ2v) is 3.68. The monoisotopic (exact) mass is 231 g/mol. The lowest BCUT2D eigenvalue weighted by Crippen LogP contribution is -2.19. The molecule has 0 bridgehead atoms.